The van der Waals surface area contributed by atoms with Gasteiger partial charge in [-0.2, -0.15) is 0 Å². The molecule has 0 amide bonds. The summed E-state index contributed by atoms with van der Waals surface area (Å²) in [5.41, 5.74) is -0.284. The molecular weight excluding hydrogens is 188 g/mol. The summed E-state index contributed by atoms with van der Waals surface area (Å²) in [6.07, 6.45) is 9.92. The van der Waals surface area contributed by atoms with Crippen molar-refractivity contribution in [3.05, 3.63) is 12.7 Å². The Morgan fingerprint density at radius 1 is 1.50 bits per heavy atom. The van der Waals surface area contributed by atoms with Crippen molar-refractivity contribution in [2.24, 2.45) is 0 Å². The van der Waals surface area contributed by atoms with Crippen molar-refractivity contribution in [1.29, 1.82) is 0 Å². The fourth-order valence-corrected chi connectivity index (χ4v) is 3.07. The van der Waals surface area contributed by atoms with Crippen LogP contribution in [0.4, 0.5) is 0 Å². The predicted molar refractivity (Wildman–Crippen MR) is 65.7 cm³/mol. The maximum Gasteiger partial charge on any atom is 0.184 e. The topological polar surface area (TPSA) is 9.23 Å². The van der Waals surface area contributed by atoms with Crippen molar-refractivity contribution in [2.45, 2.75) is 51.4 Å². The Balaban J connectivity index is 4.67. The van der Waals surface area contributed by atoms with Crippen LogP contribution in [0.25, 0.3) is 0 Å². The zero-order chi connectivity index (χ0) is 11.2. The van der Waals surface area contributed by atoms with Gasteiger partial charge in [0.25, 0.3) is 0 Å². The van der Waals surface area contributed by atoms with E-state index in [1.165, 1.54) is 0 Å². The molecule has 1 atom stereocenters. The van der Waals surface area contributed by atoms with Crippen LogP contribution in [0.15, 0.2) is 12.7 Å². The van der Waals surface area contributed by atoms with E-state index in [0.29, 0.717) is 6.42 Å². The molecule has 0 aliphatic rings. The Hall–Kier alpha value is -0.523. The van der Waals surface area contributed by atoms with Crippen molar-refractivity contribution >= 4 is 8.32 Å². The minimum absolute atomic E-state index is 0.284. The lowest BCUT2D eigenvalue weighted by Gasteiger charge is -2.35. The first-order valence-electron chi connectivity index (χ1n) is 5.16. The van der Waals surface area contributed by atoms with E-state index in [1.54, 1.807) is 0 Å². The second-order valence-electron chi connectivity index (χ2n) is 4.61. The molecule has 1 unspecified atom stereocenters. The molecule has 0 aliphatic carbocycles. The van der Waals surface area contributed by atoms with Gasteiger partial charge in [-0.3, -0.25) is 0 Å². The highest BCUT2D eigenvalue weighted by Crippen LogP contribution is 2.27. The van der Waals surface area contributed by atoms with Crippen molar-refractivity contribution < 1.29 is 4.43 Å². The number of rotatable bonds is 6. The van der Waals surface area contributed by atoms with Crippen LogP contribution >= 0.6 is 0 Å². The van der Waals surface area contributed by atoms with Gasteiger partial charge in [0, 0.05) is 6.42 Å². The smallest absolute Gasteiger partial charge is 0.184 e. The van der Waals surface area contributed by atoms with Crippen molar-refractivity contribution in [1.82, 2.24) is 0 Å². The molecule has 0 aliphatic heterocycles. The van der Waals surface area contributed by atoms with Crippen LogP contribution in [0.2, 0.25) is 19.6 Å². The molecule has 0 aromatic carbocycles. The molecule has 0 heterocycles. The van der Waals surface area contributed by atoms with E-state index < -0.39 is 8.32 Å². The molecule has 1 nitrogen and oxygen atoms in total. The Morgan fingerprint density at radius 2 is 2.07 bits per heavy atom. The van der Waals surface area contributed by atoms with E-state index in [-0.39, 0.29) is 5.60 Å². The van der Waals surface area contributed by atoms with E-state index in [2.05, 4.69) is 39.1 Å². The van der Waals surface area contributed by atoms with E-state index in [0.717, 1.165) is 12.8 Å². The largest absolute Gasteiger partial charge is 0.408 e. The van der Waals surface area contributed by atoms with E-state index in [4.69, 9.17) is 10.8 Å². The van der Waals surface area contributed by atoms with Crippen LogP contribution in [0.3, 0.4) is 0 Å². The summed E-state index contributed by atoms with van der Waals surface area (Å²) in [6.45, 7) is 12.5. The molecule has 0 N–H and O–H groups in total. The van der Waals surface area contributed by atoms with Crippen LogP contribution in [-0.4, -0.2) is 13.9 Å². The molecule has 0 spiro atoms. The zero-order valence-corrected chi connectivity index (χ0v) is 10.9. The first kappa shape index (κ1) is 13.5. The number of terminal acetylenes is 1. The molecule has 0 radical (unpaired) electrons. The summed E-state index contributed by atoms with van der Waals surface area (Å²) in [5, 5.41) is 0. The molecule has 14 heavy (non-hydrogen) atoms. The molecular formula is C12H22OSi. The van der Waals surface area contributed by atoms with Gasteiger partial charge in [-0.25, -0.2) is 0 Å². The Morgan fingerprint density at radius 3 is 2.36 bits per heavy atom. The van der Waals surface area contributed by atoms with Crippen LogP contribution in [0, 0.1) is 12.3 Å². The highest BCUT2D eigenvalue weighted by atomic mass is 28.4. The highest BCUT2D eigenvalue weighted by Gasteiger charge is 2.31. The van der Waals surface area contributed by atoms with Crippen molar-refractivity contribution in [3.63, 3.8) is 0 Å². The van der Waals surface area contributed by atoms with Crippen LogP contribution in [0.1, 0.15) is 26.2 Å². The summed E-state index contributed by atoms with van der Waals surface area (Å²) < 4.78 is 6.13. The van der Waals surface area contributed by atoms with Gasteiger partial charge in [0.2, 0.25) is 0 Å². The van der Waals surface area contributed by atoms with Gasteiger partial charge in [0.05, 0.1) is 5.60 Å². The van der Waals surface area contributed by atoms with Crippen LogP contribution in [-0.2, 0) is 4.43 Å². The summed E-state index contributed by atoms with van der Waals surface area (Å²) in [4.78, 5) is 0. The van der Waals surface area contributed by atoms with Crippen LogP contribution in [0.5, 0.6) is 0 Å². The van der Waals surface area contributed by atoms with Gasteiger partial charge < -0.3 is 4.43 Å². The van der Waals surface area contributed by atoms with E-state index >= 15 is 0 Å². The average Bonchev–Trinajstić information content (AvgIpc) is 2.02. The standard InChI is InChI=1S/C12H22OSi/c1-7-10-12(9-3,11-8-2)13-14(4,5)6/h1,9H,3,8,10-11H2,2,4-6H3. The molecule has 0 saturated heterocycles. The predicted octanol–water partition coefficient (Wildman–Crippen LogP) is 3.59. The Kier molecular flexibility index (Phi) is 5.18. The molecule has 80 valence electrons. The lowest BCUT2D eigenvalue weighted by molar-refractivity contribution is 0.107. The molecule has 0 aromatic rings. The summed E-state index contributed by atoms with van der Waals surface area (Å²) in [7, 11) is -1.55. The Bertz CT molecular complexity index is 221. The first-order valence-corrected chi connectivity index (χ1v) is 8.57. The summed E-state index contributed by atoms with van der Waals surface area (Å²) in [5.74, 6) is 2.69. The van der Waals surface area contributed by atoms with Gasteiger partial charge in [-0.15, -0.1) is 18.9 Å². The minimum Gasteiger partial charge on any atom is -0.408 e. The molecule has 0 fully saturated rings. The molecule has 0 aromatic heterocycles. The molecule has 0 saturated carbocycles. The summed E-state index contributed by atoms with van der Waals surface area (Å²) in [6, 6.07) is 0. The van der Waals surface area contributed by atoms with Gasteiger partial charge in [0.1, 0.15) is 0 Å². The highest BCUT2D eigenvalue weighted by molar-refractivity contribution is 6.69. The second kappa shape index (κ2) is 5.38. The lowest BCUT2D eigenvalue weighted by Crippen LogP contribution is -2.41. The average molecular weight is 210 g/mol. The molecule has 2 heteroatoms. The minimum atomic E-state index is -1.55. The van der Waals surface area contributed by atoms with E-state index in [1.807, 2.05) is 6.08 Å². The monoisotopic (exact) mass is 210 g/mol. The SMILES string of the molecule is C#CCC(C=C)(CCC)O[Si](C)(C)C. The van der Waals surface area contributed by atoms with Gasteiger partial charge in [-0.05, 0) is 26.1 Å². The van der Waals surface area contributed by atoms with Gasteiger partial charge in [0.15, 0.2) is 8.32 Å². The normalized spacial score (nSPS) is 15.6. The fourth-order valence-electron chi connectivity index (χ4n) is 1.60. The van der Waals surface area contributed by atoms with Gasteiger partial charge >= 0.3 is 0 Å². The third kappa shape index (κ3) is 4.64. The first-order chi connectivity index (χ1) is 6.39. The van der Waals surface area contributed by atoms with Crippen molar-refractivity contribution in [3.8, 4) is 12.3 Å². The fraction of sp³-hybridized carbons (Fsp3) is 0.667. The number of hydrogen-bond acceptors (Lipinski definition) is 1. The van der Waals surface area contributed by atoms with Crippen molar-refractivity contribution in [2.75, 3.05) is 0 Å². The quantitative estimate of drug-likeness (QED) is 0.370. The summed E-state index contributed by atoms with van der Waals surface area (Å²) >= 11 is 0. The third-order valence-electron chi connectivity index (χ3n) is 1.96. The van der Waals surface area contributed by atoms with E-state index in [9.17, 15) is 0 Å². The maximum absolute atomic E-state index is 6.13. The van der Waals surface area contributed by atoms with Gasteiger partial charge in [-0.1, -0.05) is 19.4 Å². The lowest BCUT2D eigenvalue weighted by atomic mass is 9.95. The third-order valence-corrected chi connectivity index (χ3v) is 2.97. The molecule has 0 rings (SSSR count). The van der Waals surface area contributed by atoms with Crippen LogP contribution < -0.4 is 0 Å². The number of hydrogen-bond donors (Lipinski definition) is 0. The Labute approximate surface area is 89.7 Å². The zero-order valence-electron chi connectivity index (χ0n) is 9.89. The second-order valence-corrected chi connectivity index (χ2v) is 9.04. The maximum atomic E-state index is 6.13. The molecule has 0 bridgehead atoms.